The molecule has 7 heteroatoms. The van der Waals surface area contributed by atoms with E-state index >= 15 is 0 Å². The van der Waals surface area contributed by atoms with E-state index in [2.05, 4.69) is 44.9 Å². The van der Waals surface area contributed by atoms with Gasteiger partial charge >= 0.3 is 6.09 Å². The van der Waals surface area contributed by atoms with Crippen LogP contribution >= 0.6 is 0 Å². The predicted molar refractivity (Wildman–Crippen MR) is 109 cm³/mol. The van der Waals surface area contributed by atoms with Gasteiger partial charge in [-0.25, -0.2) is 9.48 Å². The molecule has 4 rings (SSSR count). The molecule has 2 heterocycles. The van der Waals surface area contributed by atoms with E-state index in [4.69, 9.17) is 5.11 Å². The van der Waals surface area contributed by atoms with Crippen LogP contribution in [0.5, 0.6) is 0 Å². The number of carboxylic acid groups (broad SMARTS) is 1. The minimum absolute atomic E-state index is 0.0231. The van der Waals surface area contributed by atoms with Crippen LogP contribution < -0.4 is 15.5 Å². The standard InChI is InChI=1S/C21H29N5O2/c27-21(28)24-20-7-2-1-6-19(20)23-16-5-3-13-25(15-16)17-8-10-18(11-9-17)26-14-4-12-22-26/h4,8-12,14,16,19-20,23-24H,1-3,5-7,13,15H2,(H,27,28)/t16-,19+,20+/m0/s1. The van der Waals surface area contributed by atoms with E-state index in [0.717, 1.165) is 50.9 Å². The lowest BCUT2D eigenvalue weighted by Crippen LogP contribution is -2.57. The Hall–Kier alpha value is -2.54. The normalized spacial score (nSPS) is 25.4. The van der Waals surface area contributed by atoms with Crippen molar-refractivity contribution in [3.8, 4) is 5.69 Å². The summed E-state index contributed by atoms with van der Waals surface area (Å²) in [6.45, 7) is 2.01. The van der Waals surface area contributed by atoms with Gasteiger partial charge in [0.15, 0.2) is 0 Å². The Morgan fingerprint density at radius 3 is 2.50 bits per heavy atom. The second-order valence-corrected chi connectivity index (χ2v) is 7.87. The van der Waals surface area contributed by atoms with E-state index in [1.807, 2.05) is 16.9 Å². The third kappa shape index (κ3) is 4.47. The molecule has 1 amide bonds. The van der Waals surface area contributed by atoms with E-state index in [1.54, 1.807) is 6.20 Å². The molecule has 1 aromatic heterocycles. The first kappa shape index (κ1) is 18.8. The number of benzene rings is 1. The SMILES string of the molecule is O=C(O)N[C@@H]1CCCC[C@H]1N[C@H]1CCCN(c2ccc(-n3cccn3)cc2)C1. The predicted octanol–water partition coefficient (Wildman–Crippen LogP) is 3.01. The number of hydrogen-bond acceptors (Lipinski definition) is 4. The Morgan fingerprint density at radius 2 is 1.79 bits per heavy atom. The van der Waals surface area contributed by atoms with E-state index in [1.165, 1.54) is 12.1 Å². The lowest BCUT2D eigenvalue weighted by Gasteiger charge is -2.40. The first-order valence-corrected chi connectivity index (χ1v) is 10.3. The van der Waals surface area contributed by atoms with Crippen molar-refractivity contribution in [3.05, 3.63) is 42.7 Å². The Morgan fingerprint density at radius 1 is 1.04 bits per heavy atom. The molecule has 150 valence electrons. The van der Waals surface area contributed by atoms with Crippen LogP contribution in [0, 0.1) is 0 Å². The first-order chi connectivity index (χ1) is 13.7. The highest BCUT2D eigenvalue weighted by atomic mass is 16.4. The maximum absolute atomic E-state index is 11.1. The summed E-state index contributed by atoms with van der Waals surface area (Å²) in [5.74, 6) is 0. The molecular weight excluding hydrogens is 354 g/mol. The molecule has 1 saturated heterocycles. The van der Waals surface area contributed by atoms with Crippen LogP contribution in [0.15, 0.2) is 42.7 Å². The van der Waals surface area contributed by atoms with Gasteiger partial charge in [-0.1, -0.05) is 12.8 Å². The van der Waals surface area contributed by atoms with Gasteiger partial charge in [0.2, 0.25) is 0 Å². The molecule has 2 aromatic rings. The van der Waals surface area contributed by atoms with Crippen molar-refractivity contribution in [3.63, 3.8) is 0 Å². The van der Waals surface area contributed by atoms with Crippen LogP contribution in [0.2, 0.25) is 0 Å². The van der Waals surface area contributed by atoms with Crippen molar-refractivity contribution in [1.29, 1.82) is 0 Å². The summed E-state index contributed by atoms with van der Waals surface area (Å²) in [5, 5.41) is 19.9. The zero-order valence-corrected chi connectivity index (χ0v) is 16.1. The second-order valence-electron chi connectivity index (χ2n) is 7.87. The zero-order chi connectivity index (χ0) is 19.3. The molecule has 0 radical (unpaired) electrons. The highest BCUT2D eigenvalue weighted by Crippen LogP contribution is 2.24. The Labute approximate surface area is 165 Å². The average Bonchev–Trinajstić information content (AvgIpc) is 3.24. The van der Waals surface area contributed by atoms with Gasteiger partial charge in [0.25, 0.3) is 0 Å². The summed E-state index contributed by atoms with van der Waals surface area (Å²) in [7, 11) is 0. The molecule has 1 aromatic carbocycles. The van der Waals surface area contributed by atoms with Gasteiger partial charge in [-0.2, -0.15) is 5.10 Å². The van der Waals surface area contributed by atoms with Gasteiger partial charge in [-0.05, 0) is 56.0 Å². The number of hydrogen-bond donors (Lipinski definition) is 3. The van der Waals surface area contributed by atoms with Crippen molar-refractivity contribution in [2.75, 3.05) is 18.0 Å². The summed E-state index contributed by atoms with van der Waals surface area (Å²) < 4.78 is 1.86. The molecule has 2 fully saturated rings. The number of aromatic nitrogens is 2. The minimum atomic E-state index is -0.916. The summed E-state index contributed by atoms with van der Waals surface area (Å²) in [5.41, 5.74) is 2.29. The molecule has 1 aliphatic heterocycles. The lowest BCUT2D eigenvalue weighted by molar-refractivity contribution is 0.176. The fourth-order valence-electron chi connectivity index (χ4n) is 4.55. The smallest absolute Gasteiger partial charge is 0.404 e. The van der Waals surface area contributed by atoms with Crippen molar-refractivity contribution in [2.24, 2.45) is 0 Å². The number of piperidine rings is 1. The summed E-state index contributed by atoms with van der Waals surface area (Å²) >= 11 is 0. The van der Waals surface area contributed by atoms with E-state index in [9.17, 15) is 4.79 Å². The molecule has 1 saturated carbocycles. The number of rotatable bonds is 5. The molecule has 1 aliphatic carbocycles. The van der Waals surface area contributed by atoms with Crippen LogP contribution in [0.25, 0.3) is 5.69 Å². The fourth-order valence-corrected chi connectivity index (χ4v) is 4.55. The van der Waals surface area contributed by atoms with Gasteiger partial charge in [0.05, 0.1) is 5.69 Å². The van der Waals surface area contributed by atoms with Gasteiger partial charge in [-0.3, -0.25) is 0 Å². The molecular formula is C21H29N5O2. The maximum atomic E-state index is 11.1. The molecule has 7 nitrogen and oxygen atoms in total. The average molecular weight is 383 g/mol. The topological polar surface area (TPSA) is 82.4 Å². The molecule has 3 atom stereocenters. The molecule has 0 bridgehead atoms. The number of amides is 1. The minimum Gasteiger partial charge on any atom is -0.465 e. The van der Waals surface area contributed by atoms with Crippen LogP contribution in [-0.4, -0.2) is 52.2 Å². The largest absolute Gasteiger partial charge is 0.465 e. The summed E-state index contributed by atoms with van der Waals surface area (Å²) in [6, 6.07) is 11.1. The Balaban J connectivity index is 1.38. The molecule has 0 spiro atoms. The molecule has 28 heavy (non-hydrogen) atoms. The van der Waals surface area contributed by atoms with Crippen molar-refractivity contribution in [1.82, 2.24) is 20.4 Å². The third-order valence-corrected chi connectivity index (χ3v) is 5.93. The molecule has 3 N–H and O–H groups in total. The zero-order valence-electron chi connectivity index (χ0n) is 16.1. The highest BCUT2D eigenvalue weighted by molar-refractivity contribution is 5.65. The number of anilines is 1. The summed E-state index contributed by atoms with van der Waals surface area (Å²) in [6.07, 6.45) is 9.33. The van der Waals surface area contributed by atoms with Crippen molar-refractivity contribution >= 4 is 11.8 Å². The lowest BCUT2D eigenvalue weighted by atomic mass is 9.89. The van der Waals surface area contributed by atoms with Crippen LogP contribution in [0.3, 0.4) is 0 Å². The maximum Gasteiger partial charge on any atom is 0.404 e. The number of carbonyl (C=O) groups is 1. The Kier molecular flexibility index (Phi) is 5.81. The van der Waals surface area contributed by atoms with Gasteiger partial charge in [0, 0.05) is 49.3 Å². The van der Waals surface area contributed by atoms with E-state index in [0.29, 0.717) is 6.04 Å². The first-order valence-electron chi connectivity index (χ1n) is 10.3. The third-order valence-electron chi connectivity index (χ3n) is 5.93. The number of nitrogens with one attached hydrogen (secondary N) is 2. The van der Waals surface area contributed by atoms with Crippen LogP contribution in [0.1, 0.15) is 38.5 Å². The van der Waals surface area contributed by atoms with Gasteiger partial charge < -0.3 is 20.6 Å². The van der Waals surface area contributed by atoms with Crippen molar-refractivity contribution in [2.45, 2.75) is 56.7 Å². The quantitative estimate of drug-likeness (QED) is 0.739. The number of nitrogens with zero attached hydrogens (tertiary/aromatic N) is 3. The van der Waals surface area contributed by atoms with Gasteiger partial charge in [0.1, 0.15) is 0 Å². The fraction of sp³-hybridized carbons (Fsp3) is 0.524. The van der Waals surface area contributed by atoms with Gasteiger partial charge in [-0.15, -0.1) is 0 Å². The second kappa shape index (κ2) is 8.65. The summed E-state index contributed by atoms with van der Waals surface area (Å²) in [4.78, 5) is 13.5. The van der Waals surface area contributed by atoms with Crippen LogP contribution in [-0.2, 0) is 0 Å². The molecule has 2 aliphatic rings. The highest BCUT2D eigenvalue weighted by Gasteiger charge is 2.30. The van der Waals surface area contributed by atoms with Crippen molar-refractivity contribution < 1.29 is 9.90 Å². The Bertz CT molecular complexity index is 762. The van der Waals surface area contributed by atoms with E-state index in [-0.39, 0.29) is 12.1 Å². The van der Waals surface area contributed by atoms with E-state index < -0.39 is 6.09 Å². The molecule has 0 unspecified atom stereocenters. The van der Waals surface area contributed by atoms with Crippen LogP contribution in [0.4, 0.5) is 10.5 Å². The monoisotopic (exact) mass is 383 g/mol.